The standard InChI is InChI=1S/C32H39FN6O3.C30H39N7O3.C29H34F3N7O2/c1-3-30(41)37-12-14-38(15-13-37)31-26-9-11-39(29-18-24(40)17-23-7-4-5-8-25(23)29)21-28(26)34-32(35-31)42-16-6-10-36-19-22(2)27(33)20-36;1-3-27(38)35-12-14-36(15-13-35)29-24-8-11-37(28-22(2)5-6-25-23(28)7-9-31-25)21-26(24)32-30(33-29)40-18-4-10-34-16-19-39-20-17-34;1-3-26(40)39-16-15-38(17-20(39)10-12-33)27-22-11-14-37(25-9-5-4-8-23(25)29(30,31)32)18-24(22)34-28(35-27)41-19-21-7-6-13-36(21)2/h3-5,7-8,17-18,22,27,40H,1,6,9-16,19-21H2,2H3;3,5-7,9,31H,1,4,8,10-21H2,2H3;3-5,8-9,20-21H,1,6-7,10-11,13-19H2,2H3/t22-,27+;;20?,21-/m0.0/s1. The maximum atomic E-state index is 13.9. The lowest BCUT2D eigenvalue weighted by Crippen LogP contribution is -2.55. The molecule has 2 N–H and O–H groups in total. The van der Waals surface area contributed by atoms with Crippen molar-refractivity contribution >= 4 is 73.9 Å². The Morgan fingerprint density at radius 2 is 1.15 bits per heavy atom. The van der Waals surface area contributed by atoms with Crippen LogP contribution in [0.25, 0.3) is 21.7 Å². The number of nitrogens with one attached hydrogen (secondary N) is 1. The first kappa shape index (κ1) is 86.5. The molecule has 6 fully saturated rings. The number of anilines is 6. The molecule has 0 bridgehead atoms. The summed E-state index contributed by atoms with van der Waals surface area (Å²) in [4.78, 5) is 94.4. The van der Waals surface area contributed by atoms with Crippen LogP contribution in [0.4, 0.5) is 52.1 Å². The number of aromatic hydroxyl groups is 1. The monoisotopic (exact) mass is 1690 g/mol. The number of amides is 3. The van der Waals surface area contributed by atoms with E-state index < -0.39 is 17.9 Å². The first-order valence-corrected chi connectivity index (χ1v) is 43.2. The zero-order chi connectivity index (χ0) is 85.8. The summed E-state index contributed by atoms with van der Waals surface area (Å²) < 4.78 is 79.3. The molecule has 1 unspecified atom stereocenters. The number of para-hydroxylation sites is 1. The molecule has 0 spiro atoms. The average Bonchev–Trinajstić information content (AvgIpc) is 1.17. The van der Waals surface area contributed by atoms with E-state index in [-0.39, 0.29) is 66.1 Å². The number of piperazine rings is 3. The molecule has 8 aromatic rings. The maximum Gasteiger partial charge on any atom is 0.418 e. The number of likely N-dealkylation sites (N-methyl/N-ethyl adjacent to an activating group) is 1. The van der Waals surface area contributed by atoms with Crippen molar-refractivity contribution in [2.24, 2.45) is 5.92 Å². The number of ether oxygens (including phenoxy) is 4. The fraction of sp³-hybridized carbons (Fsp3) is 0.495. The third-order valence-electron chi connectivity index (χ3n) is 25.2. The molecule has 6 saturated heterocycles. The second-order valence-corrected chi connectivity index (χ2v) is 33.1. The minimum absolute atomic E-state index is 0.0152. The number of aryl methyl sites for hydroxylation is 1. The summed E-state index contributed by atoms with van der Waals surface area (Å²) >= 11 is 0. The largest absolute Gasteiger partial charge is 0.508 e. The van der Waals surface area contributed by atoms with Crippen LogP contribution in [0.1, 0.15) is 83.9 Å². The smallest absolute Gasteiger partial charge is 0.418 e. The van der Waals surface area contributed by atoms with E-state index in [1.807, 2.05) is 52.1 Å². The summed E-state index contributed by atoms with van der Waals surface area (Å²) in [6, 6.07) is 26.8. The third-order valence-corrected chi connectivity index (χ3v) is 25.2. The number of halogens is 4. The van der Waals surface area contributed by atoms with Crippen molar-refractivity contribution in [3.8, 4) is 29.9 Å². The number of nitriles is 1. The van der Waals surface area contributed by atoms with Gasteiger partial charge in [0.05, 0.1) is 87.2 Å². The Morgan fingerprint density at radius 1 is 0.593 bits per heavy atom. The number of aromatic amines is 1. The molecule has 4 atom stereocenters. The lowest BCUT2D eigenvalue weighted by molar-refractivity contribution is -0.137. The fourth-order valence-electron chi connectivity index (χ4n) is 18.5. The summed E-state index contributed by atoms with van der Waals surface area (Å²) in [6.07, 6.45) is 6.76. The average molecular weight is 1690 g/mol. The van der Waals surface area contributed by atoms with E-state index in [4.69, 9.17) is 48.9 Å². The van der Waals surface area contributed by atoms with Crippen molar-refractivity contribution in [2.45, 2.75) is 109 Å². The molecule has 32 heteroatoms. The second kappa shape index (κ2) is 39.4. The number of carbonyl (C=O) groups excluding carboxylic acids is 3. The van der Waals surface area contributed by atoms with E-state index in [0.717, 1.165) is 179 Å². The van der Waals surface area contributed by atoms with Gasteiger partial charge in [0.1, 0.15) is 36.0 Å². The van der Waals surface area contributed by atoms with Gasteiger partial charge >= 0.3 is 24.2 Å². The molecule has 9 aliphatic heterocycles. The fourth-order valence-corrected chi connectivity index (χ4v) is 18.5. The van der Waals surface area contributed by atoms with Gasteiger partial charge < -0.3 is 78.0 Å². The quantitative estimate of drug-likeness (QED) is 0.0342. The normalized spacial score (nSPS) is 20.2. The molecular formula is C91H112F4N20O8. The molecule has 28 nitrogen and oxygen atoms in total. The van der Waals surface area contributed by atoms with Gasteiger partial charge in [-0.2, -0.15) is 48.3 Å². The zero-order valence-electron chi connectivity index (χ0n) is 70.7. The van der Waals surface area contributed by atoms with Crippen LogP contribution in [0.15, 0.2) is 123 Å². The van der Waals surface area contributed by atoms with Crippen LogP contribution in [-0.2, 0) is 64.2 Å². The van der Waals surface area contributed by atoms with Crippen molar-refractivity contribution in [3.63, 3.8) is 0 Å². The SMILES string of the molecule is C=CC(=O)N1CCN(c2nc(OCCCN3CCOCC3)nc3c2CCN(c2c(C)ccc4[nH]ccc24)C3)CC1.C=CC(=O)N1CCN(c2nc(OCCCN3C[C@@H](F)[C@@H](C)C3)nc3c2CCN(c2cc(O)cc4ccccc24)C3)CC1.C=CC(=O)N1CCN(c2nc(OC[C@@H]3CCCN3C)nc3c2CCN(c2ccccc2C(F)(F)F)C3)CC1CC#N. The number of alkyl halides is 4. The first-order valence-electron chi connectivity index (χ1n) is 43.2. The van der Waals surface area contributed by atoms with Crippen LogP contribution in [0.3, 0.4) is 0 Å². The van der Waals surface area contributed by atoms with Crippen molar-refractivity contribution in [2.75, 3.05) is 207 Å². The highest BCUT2D eigenvalue weighted by Crippen LogP contribution is 2.43. The Bertz CT molecular complexity index is 5130. The van der Waals surface area contributed by atoms with Gasteiger partial charge in [-0.3, -0.25) is 24.2 Å². The van der Waals surface area contributed by atoms with E-state index in [1.54, 1.807) is 21.9 Å². The lowest BCUT2D eigenvalue weighted by Gasteiger charge is -2.42. The predicted molar refractivity (Wildman–Crippen MR) is 466 cm³/mol. The van der Waals surface area contributed by atoms with Gasteiger partial charge in [0.15, 0.2) is 0 Å². The summed E-state index contributed by atoms with van der Waals surface area (Å²) in [5.74, 6) is 2.50. The summed E-state index contributed by atoms with van der Waals surface area (Å²) in [7, 11) is 2.05. The van der Waals surface area contributed by atoms with E-state index in [0.29, 0.717) is 135 Å². The summed E-state index contributed by atoms with van der Waals surface area (Å²) in [5, 5.41) is 23.2. The van der Waals surface area contributed by atoms with Gasteiger partial charge in [-0.1, -0.05) is 69.1 Å². The Balaban J connectivity index is 0.000000143. The summed E-state index contributed by atoms with van der Waals surface area (Å²) in [6.45, 7) is 34.0. The van der Waals surface area contributed by atoms with Gasteiger partial charge in [-0.25, -0.2) is 4.39 Å². The number of aromatic nitrogens is 7. The molecule has 17 rings (SSSR count). The number of morpholine rings is 1. The maximum absolute atomic E-state index is 13.9. The number of hydrogen-bond donors (Lipinski definition) is 2. The Labute approximate surface area is 715 Å². The van der Waals surface area contributed by atoms with Gasteiger partial charge in [0.2, 0.25) is 17.7 Å². The molecule has 13 heterocycles. The Hall–Kier alpha value is -11.4. The van der Waals surface area contributed by atoms with Gasteiger partial charge in [0, 0.05) is 205 Å². The minimum Gasteiger partial charge on any atom is -0.508 e. The lowest BCUT2D eigenvalue weighted by atomic mass is 10.0. The Morgan fingerprint density at radius 3 is 1.72 bits per heavy atom. The van der Waals surface area contributed by atoms with Crippen LogP contribution >= 0.6 is 0 Å². The van der Waals surface area contributed by atoms with E-state index >= 15 is 0 Å². The number of phenols is 1. The molecule has 652 valence electrons. The third kappa shape index (κ3) is 20.3. The molecule has 3 amide bonds. The molecule has 4 aromatic carbocycles. The molecule has 0 saturated carbocycles. The van der Waals surface area contributed by atoms with Crippen molar-refractivity contribution in [1.29, 1.82) is 5.26 Å². The van der Waals surface area contributed by atoms with Gasteiger partial charge in [0.25, 0.3) is 0 Å². The summed E-state index contributed by atoms with van der Waals surface area (Å²) in [5.41, 5.74) is 9.78. The molecule has 0 radical (unpaired) electrons. The van der Waals surface area contributed by atoms with E-state index in [1.165, 1.54) is 52.6 Å². The van der Waals surface area contributed by atoms with Crippen molar-refractivity contribution in [1.82, 2.24) is 64.3 Å². The van der Waals surface area contributed by atoms with Crippen LogP contribution in [0, 0.1) is 24.2 Å². The Kier molecular flexibility index (Phi) is 27.7. The van der Waals surface area contributed by atoms with Gasteiger partial charge in [-0.05, 0) is 125 Å². The molecule has 123 heavy (non-hydrogen) atoms. The number of nitrogens with zero attached hydrogens (tertiary/aromatic N) is 19. The number of benzene rings is 4. The van der Waals surface area contributed by atoms with Gasteiger partial charge in [-0.15, -0.1) is 0 Å². The van der Waals surface area contributed by atoms with E-state index in [2.05, 4.69) is 103 Å². The van der Waals surface area contributed by atoms with Crippen LogP contribution < -0.4 is 43.6 Å². The highest BCUT2D eigenvalue weighted by atomic mass is 19.4. The number of likely N-dealkylation sites (tertiary alicyclic amines) is 2. The predicted octanol–water partition coefficient (Wildman–Crippen LogP) is 10.2. The van der Waals surface area contributed by atoms with Crippen LogP contribution in [0.2, 0.25) is 0 Å². The number of H-pyrrole nitrogens is 1. The highest BCUT2D eigenvalue weighted by molar-refractivity contribution is 5.96. The van der Waals surface area contributed by atoms with E-state index in [9.17, 15) is 42.3 Å². The number of rotatable bonds is 23. The number of carbonyl (C=O) groups is 3. The van der Waals surface area contributed by atoms with Crippen molar-refractivity contribution < 1.29 is 56.0 Å². The molecular weight excluding hydrogens is 1580 g/mol. The molecule has 0 aliphatic carbocycles. The number of phenolic OH excluding ortho intramolecular Hbond substituents is 1. The van der Waals surface area contributed by atoms with Crippen LogP contribution in [0.5, 0.6) is 23.8 Å². The number of hydrogen-bond acceptors (Lipinski definition) is 24. The second-order valence-electron chi connectivity index (χ2n) is 33.1. The van der Waals surface area contributed by atoms with Crippen molar-refractivity contribution in [3.05, 3.63) is 168 Å². The molecule has 4 aromatic heterocycles. The molecule has 9 aliphatic rings. The minimum atomic E-state index is -4.48. The highest BCUT2D eigenvalue weighted by Gasteiger charge is 2.40. The zero-order valence-corrected chi connectivity index (χ0v) is 70.7. The van der Waals surface area contributed by atoms with Crippen LogP contribution in [-0.4, -0.2) is 283 Å². The first-order chi connectivity index (χ1) is 59.7. The topological polar surface area (TPSA) is 264 Å². The number of fused-ring (bicyclic) bond motifs is 5.